The molecule has 0 atom stereocenters. The number of halogens is 2. The lowest BCUT2D eigenvalue weighted by molar-refractivity contribution is 0.0188. The summed E-state index contributed by atoms with van der Waals surface area (Å²) in [5, 5.41) is 2.60. The lowest BCUT2D eigenvalue weighted by Gasteiger charge is -2.07. The summed E-state index contributed by atoms with van der Waals surface area (Å²) in [7, 11) is 0. The average Bonchev–Trinajstić information content (AvgIpc) is 2.43. The van der Waals surface area contributed by atoms with Gasteiger partial charge in [0.25, 0.3) is 12.3 Å². The maximum Gasteiger partial charge on any atom is 0.261 e. The maximum atomic E-state index is 11.9. The van der Waals surface area contributed by atoms with Gasteiger partial charge in [-0.05, 0) is 30.7 Å². The number of amides is 1. The lowest BCUT2D eigenvalue weighted by Crippen LogP contribution is -2.28. The number of rotatable bonds is 6. The largest absolute Gasteiger partial charge is 0.374 e. The van der Waals surface area contributed by atoms with Crippen molar-refractivity contribution in [1.82, 2.24) is 5.32 Å². The molecule has 1 amide bonds. The summed E-state index contributed by atoms with van der Waals surface area (Å²) in [4.78, 5) is 11.9. The minimum atomic E-state index is -2.50. The van der Waals surface area contributed by atoms with E-state index in [4.69, 9.17) is 5.73 Å². The van der Waals surface area contributed by atoms with Crippen molar-refractivity contribution in [2.45, 2.75) is 13.3 Å². The SMILES string of the molecule is Cc1cc(C#CCN)cc(C(=O)NCCOCC(F)F)c1. The van der Waals surface area contributed by atoms with Gasteiger partial charge in [-0.1, -0.05) is 11.8 Å². The van der Waals surface area contributed by atoms with Crippen LogP contribution >= 0.6 is 0 Å². The van der Waals surface area contributed by atoms with Crippen LogP contribution in [0.2, 0.25) is 0 Å². The van der Waals surface area contributed by atoms with Crippen LogP contribution in [0.5, 0.6) is 0 Å². The Balaban J connectivity index is 2.55. The number of benzene rings is 1. The average molecular weight is 296 g/mol. The Kier molecular flexibility index (Phi) is 7.37. The second kappa shape index (κ2) is 9.06. The Labute approximate surface area is 122 Å². The van der Waals surface area contributed by atoms with Crippen LogP contribution < -0.4 is 11.1 Å². The summed E-state index contributed by atoms with van der Waals surface area (Å²) in [6.07, 6.45) is -2.50. The van der Waals surface area contributed by atoms with E-state index in [9.17, 15) is 13.6 Å². The smallest absolute Gasteiger partial charge is 0.261 e. The molecule has 0 fully saturated rings. The molecule has 1 rings (SSSR count). The van der Waals surface area contributed by atoms with Crippen LogP contribution in [0.4, 0.5) is 8.78 Å². The second-order valence-electron chi connectivity index (χ2n) is 4.32. The Morgan fingerprint density at radius 3 is 2.86 bits per heavy atom. The van der Waals surface area contributed by atoms with E-state index in [2.05, 4.69) is 21.9 Å². The number of ether oxygens (including phenoxy) is 1. The standard InChI is InChI=1S/C15H18F2N2O2/c1-11-7-12(3-2-4-18)9-13(8-11)15(20)19-5-6-21-10-14(16)17/h7-9,14H,4-6,10,18H2,1H3,(H,19,20). The second-order valence-corrected chi connectivity index (χ2v) is 4.32. The fourth-order valence-corrected chi connectivity index (χ4v) is 1.65. The molecule has 1 aromatic rings. The van der Waals surface area contributed by atoms with Gasteiger partial charge in [0.1, 0.15) is 6.61 Å². The monoisotopic (exact) mass is 296 g/mol. The molecule has 0 aliphatic heterocycles. The van der Waals surface area contributed by atoms with E-state index in [0.29, 0.717) is 11.1 Å². The number of nitrogens with one attached hydrogen (secondary N) is 1. The van der Waals surface area contributed by atoms with Crippen LogP contribution in [0.3, 0.4) is 0 Å². The Bertz CT molecular complexity index is 536. The van der Waals surface area contributed by atoms with E-state index in [1.54, 1.807) is 12.1 Å². The van der Waals surface area contributed by atoms with Gasteiger partial charge in [-0.3, -0.25) is 4.79 Å². The summed E-state index contributed by atoms with van der Waals surface area (Å²) >= 11 is 0. The molecule has 114 valence electrons. The van der Waals surface area contributed by atoms with E-state index in [1.165, 1.54) is 0 Å². The van der Waals surface area contributed by atoms with Gasteiger partial charge in [-0.25, -0.2) is 8.78 Å². The molecule has 0 aliphatic carbocycles. The van der Waals surface area contributed by atoms with Crippen LogP contribution in [0.1, 0.15) is 21.5 Å². The summed E-state index contributed by atoms with van der Waals surface area (Å²) in [6.45, 7) is 1.69. The highest BCUT2D eigenvalue weighted by Gasteiger charge is 2.07. The van der Waals surface area contributed by atoms with E-state index in [0.717, 1.165) is 5.56 Å². The van der Waals surface area contributed by atoms with E-state index in [-0.39, 0.29) is 25.6 Å². The molecule has 4 nitrogen and oxygen atoms in total. The Morgan fingerprint density at radius 1 is 1.43 bits per heavy atom. The fourth-order valence-electron chi connectivity index (χ4n) is 1.65. The number of hydrogen-bond donors (Lipinski definition) is 2. The van der Waals surface area contributed by atoms with Gasteiger partial charge >= 0.3 is 0 Å². The van der Waals surface area contributed by atoms with Crippen LogP contribution in [-0.2, 0) is 4.74 Å². The van der Waals surface area contributed by atoms with Crippen LogP contribution in [0.25, 0.3) is 0 Å². The topological polar surface area (TPSA) is 64.4 Å². The Hall–Kier alpha value is -1.97. The third kappa shape index (κ3) is 6.84. The van der Waals surface area contributed by atoms with Gasteiger partial charge in [0, 0.05) is 17.7 Å². The molecule has 0 saturated heterocycles. The zero-order valence-electron chi connectivity index (χ0n) is 11.8. The minimum Gasteiger partial charge on any atom is -0.374 e. The molecule has 0 heterocycles. The first kappa shape index (κ1) is 17.1. The first-order chi connectivity index (χ1) is 10.0. The summed E-state index contributed by atoms with van der Waals surface area (Å²) in [5.74, 6) is 5.29. The third-order valence-corrected chi connectivity index (χ3v) is 2.45. The predicted molar refractivity (Wildman–Crippen MR) is 76.3 cm³/mol. The Morgan fingerprint density at radius 2 is 2.19 bits per heavy atom. The van der Waals surface area contributed by atoms with Crippen molar-refractivity contribution in [3.63, 3.8) is 0 Å². The maximum absolute atomic E-state index is 11.9. The molecular weight excluding hydrogens is 278 g/mol. The molecule has 1 aromatic carbocycles. The summed E-state index contributed by atoms with van der Waals surface area (Å²) in [5.41, 5.74) is 7.38. The van der Waals surface area contributed by atoms with Crippen molar-refractivity contribution in [2.24, 2.45) is 5.73 Å². The zero-order chi connectivity index (χ0) is 15.7. The molecule has 0 radical (unpaired) electrons. The first-order valence-corrected chi connectivity index (χ1v) is 6.47. The molecular formula is C15H18F2N2O2. The van der Waals surface area contributed by atoms with Gasteiger partial charge < -0.3 is 15.8 Å². The van der Waals surface area contributed by atoms with Crippen molar-refractivity contribution in [3.8, 4) is 11.8 Å². The number of alkyl halides is 2. The molecule has 0 spiro atoms. The predicted octanol–water partition coefficient (Wildman–Crippen LogP) is 1.32. The van der Waals surface area contributed by atoms with Gasteiger partial charge in [-0.15, -0.1) is 0 Å². The molecule has 6 heteroatoms. The highest BCUT2D eigenvalue weighted by molar-refractivity contribution is 5.94. The van der Waals surface area contributed by atoms with Gasteiger partial charge in [-0.2, -0.15) is 0 Å². The third-order valence-electron chi connectivity index (χ3n) is 2.45. The fraction of sp³-hybridized carbons (Fsp3) is 0.400. The van der Waals surface area contributed by atoms with Crippen molar-refractivity contribution >= 4 is 5.91 Å². The highest BCUT2D eigenvalue weighted by atomic mass is 19.3. The van der Waals surface area contributed by atoms with E-state index < -0.39 is 13.0 Å². The van der Waals surface area contributed by atoms with Crippen molar-refractivity contribution < 1.29 is 18.3 Å². The number of carbonyl (C=O) groups is 1. The minimum absolute atomic E-state index is 0.0434. The van der Waals surface area contributed by atoms with Gasteiger partial charge in [0.15, 0.2) is 0 Å². The number of aryl methyl sites for hydroxylation is 1. The molecule has 0 saturated carbocycles. The number of hydrogen-bond acceptors (Lipinski definition) is 3. The van der Waals surface area contributed by atoms with Gasteiger partial charge in [0.2, 0.25) is 0 Å². The quantitative estimate of drug-likeness (QED) is 0.614. The van der Waals surface area contributed by atoms with Crippen molar-refractivity contribution in [1.29, 1.82) is 0 Å². The van der Waals surface area contributed by atoms with Crippen molar-refractivity contribution in [3.05, 3.63) is 34.9 Å². The van der Waals surface area contributed by atoms with Gasteiger partial charge in [0.05, 0.1) is 13.2 Å². The lowest BCUT2D eigenvalue weighted by atomic mass is 10.1. The molecule has 21 heavy (non-hydrogen) atoms. The van der Waals surface area contributed by atoms with Crippen LogP contribution in [0.15, 0.2) is 18.2 Å². The zero-order valence-corrected chi connectivity index (χ0v) is 11.8. The summed E-state index contributed by atoms with van der Waals surface area (Å²) < 4.78 is 28.4. The molecule has 0 unspecified atom stereocenters. The number of nitrogens with two attached hydrogens (primary N) is 1. The normalized spacial score (nSPS) is 10.1. The molecule has 0 aromatic heterocycles. The first-order valence-electron chi connectivity index (χ1n) is 6.47. The van der Waals surface area contributed by atoms with Crippen LogP contribution in [0, 0.1) is 18.8 Å². The molecule has 0 bridgehead atoms. The van der Waals surface area contributed by atoms with Crippen LogP contribution in [-0.4, -0.2) is 38.6 Å². The van der Waals surface area contributed by atoms with E-state index >= 15 is 0 Å². The van der Waals surface area contributed by atoms with E-state index in [1.807, 2.05) is 13.0 Å². The molecule has 3 N–H and O–H groups in total. The summed E-state index contributed by atoms with van der Waals surface area (Å²) in [6, 6.07) is 5.24. The number of carbonyl (C=O) groups excluding carboxylic acids is 1. The van der Waals surface area contributed by atoms with Crippen molar-refractivity contribution in [2.75, 3.05) is 26.3 Å². The molecule has 0 aliphatic rings. The highest BCUT2D eigenvalue weighted by Crippen LogP contribution is 2.09.